The second kappa shape index (κ2) is 12.0. The zero-order valence-electron chi connectivity index (χ0n) is 24.5. The fraction of sp³-hybridized carbons (Fsp3) is 0.485. The molecule has 2 aliphatic heterocycles. The maximum Gasteiger partial charge on any atom is 0.307 e. The molecular weight excluding hydrogens is 548 g/mol. The van der Waals surface area contributed by atoms with Crippen molar-refractivity contribution in [2.24, 2.45) is 17.8 Å². The highest BCUT2D eigenvalue weighted by Crippen LogP contribution is 2.44. The Morgan fingerprint density at radius 1 is 1.17 bits per heavy atom. The number of rotatable bonds is 8. The van der Waals surface area contributed by atoms with Crippen molar-refractivity contribution < 1.29 is 19.4 Å². The molecule has 3 fully saturated rings. The SMILES string of the molecule is Cc1ccc(OCc2ccc(CN3C[C@H](C)OC[C@@H]3C)cc2C#N)c(-c2csc(N3C[C@H]4CC[C@@H](C3)[C@H]4C(=O)O)n2)c1. The molecule has 1 saturated carbocycles. The van der Waals surface area contributed by atoms with E-state index in [0.29, 0.717) is 11.6 Å². The van der Waals surface area contributed by atoms with Crippen molar-refractivity contribution in [3.8, 4) is 23.1 Å². The van der Waals surface area contributed by atoms with Gasteiger partial charge < -0.3 is 19.5 Å². The highest BCUT2D eigenvalue weighted by molar-refractivity contribution is 7.14. The van der Waals surface area contributed by atoms with Crippen LogP contribution in [-0.2, 0) is 22.7 Å². The second-order valence-electron chi connectivity index (χ2n) is 12.2. The van der Waals surface area contributed by atoms with E-state index in [4.69, 9.17) is 14.5 Å². The van der Waals surface area contributed by atoms with E-state index in [2.05, 4.69) is 54.2 Å². The van der Waals surface area contributed by atoms with Gasteiger partial charge in [0.15, 0.2) is 5.13 Å². The number of piperidine rings is 1. The van der Waals surface area contributed by atoms with E-state index >= 15 is 0 Å². The Morgan fingerprint density at radius 2 is 1.95 bits per heavy atom. The van der Waals surface area contributed by atoms with E-state index in [-0.39, 0.29) is 30.5 Å². The molecule has 2 bridgehead atoms. The van der Waals surface area contributed by atoms with E-state index < -0.39 is 5.97 Å². The van der Waals surface area contributed by atoms with Crippen molar-refractivity contribution in [1.29, 1.82) is 5.26 Å². The van der Waals surface area contributed by atoms with Crippen LogP contribution in [0.25, 0.3) is 11.3 Å². The van der Waals surface area contributed by atoms with Gasteiger partial charge in [-0.15, -0.1) is 11.3 Å². The average molecular weight is 587 g/mol. The number of benzene rings is 2. The number of hydrogen-bond donors (Lipinski definition) is 1. The van der Waals surface area contributed by atoms with Gasteiger partial charge in [-0.1, -0.05) is 23.8 Å². The van der Waals surface area contributed by atoms with Crippen molar-refractivity contribution in [3.63, 3.8) is 0 Å². The molecular formula is C33H38N4O4S. The summed E-state index contributed by atoms with van der Waals surface area (Å²) in [5.41, 5.74) is 5.49. The maximum atomic E-state index is 11.8. The number of nitriles is 1. The number of morpholine rings is 1. The van der Waals surface area contributed by atoms with E-state index in [9.17, 15) is 15.2 Å². The van der Waals surface area contributed by atoms with Crippen molar-refractivity contribution in [3.05, 3.63) is 64.0 Å². The lowest BCUT2D eigenvalue weighted by molar-refractivity contribution is -0.144. The first-order valence-electron chi connectivity index (χ1n) is 14.8. The molecule has 0 amide bonds. The summed E-state index contributed by atoms with van der Waals surface area (Å²) in [6.07, 6.45) is 2.16. The minimum absolute atomic E-state index is 0.188. The predicted octanol–water partition coefficient (Wildman–Crippen LogP) is 5.73. The van der Waals surface area contributed by atoms with Crippen molar-refractivity contribution in [1.82, 2.24) is 9.88 Å². The van der Waals surface area contributed by atoms with Crippen LogP contribution in [0.1, 0.15) is 48.9 Å². The van der Waals surface area contributed by atoms with Crippen LogP contribution in [-0.4, -0.2) is 59.3 Å². The van der Waals surface area contributed by atoms with E-state index in [0.717, 1.165) is 84.5 Å². The highest BCUT2D eigenvalue weighted by Gasteiger charge is 2.46. The number of carboxylic acid groups (broad SMARTS) is 1. The molecule has 42 heavy (non-hydrogen) atoms. The normalized spacial score (nSPS) is 25.8. The zero-order chi connectivity index (χ0) is 29.4. The van der Waals surface area contributed by atoms with Crippen molar-refractivity contribution in [2.75, 3.05) is 31.1 Å². The summed E-state index contributed by atoms with van der Waals surface area (Å²) in [4.78, 5) is 21.4. The third-order valence-electron chi connectivity index (χ3n) is 9.09. The number of fused-ring (bicyclic) bond motifs is 2. The Kier molecular flexibility index (Phi) is 8.22. The Balaban J connectivity index is 1.16. The molecule has 0 radical (unpaired) electrons. The number of aryl methyl sites for hydroxylation is 1. The number of carbonyl (C=O) groups is 1. The molecule has 220 valence electrons. The molecule has 1 aliphatic carbocycles. The molecule has 2 aromatic carbocycles. The number of carboxylic acids is 1. The summed E-state index contributed by atoms with van der Waals surface area (Å²) in [5, 5.41) is 22.6. The van der Waals surface area contributed by atoms with E-state index in [1.54, 1.807) is 11.3 Å². The maximum absolute atomic E-state index is 11.8. The van der Waals surface area contributed by atoms with Crippen LogP contribution in [0.15, 0.2) is 41.8 Å². The summed E-state index contributed by atoms with van der Waals surface area (Å²) in [7, 11) is 0. The molecule has 3 aliphatic rings. The molecule has 2 saturated heterocycles. The van der Waals surface area contributed by atoms with Gasteiger partial charge in [0.1, 0.15) is 12.4 Å². The molecule has 1 aromatic heterocycles. The Morgan fingerprint density at radius 3 is 2.69 bits per heavy atom. The number of hydrogen-bond acceptors (Lipinski definition) is 8. The monoisotopic (exact) mass is 586 g/mol. The summed E-state index contributed by atoms with van der Waals surface area (Å²) in [5.74, 6) is 0.225. The standard InChI is InChI=1S/C33H38N4O4S/c1-20-4-9-30(41-18-26-6-5-23(11-27(26)12-34)14-36-13-22(3)40-17-21(36)2)28(10-20)29-19-42-33(35-29)37-15-24-7-8-25(16-37)31(24)32(38)39/h4-6,9-11,19,21-22,24-25,31H,7-8,13-18H2,1-3H3,(H,38,39)/t21-,22-,24-,25+,31+/m0/s1. The molecule has 8 nitrogen and oxygen atoms in total. The van der Waals surface area contributed by atoms with Crippen LogP contribution >= 0.6 is 11.3 Å². The van der Waals surface area contributed by atoms with Gasteiger partial charge in [-0.3, -0.25) is 9.69 Å². The molecule has 5 atom stereocenters. The number of ether oxygens (including phenoxy) is 2. The minimum atomic E-state index is -0.654. The third-order valence-corrected chi connectivity index (χ3v) is 9.99. The van der Waals surface area contributed by atoms with Crippen LogP contribution in [0.3, 0.4) is 0 Å². The van der Waals surface area contributed by atoms with Gasteiger partial charge in [-0.25, -0.2) is 4.98 Å². The molecule has 9 heteroatoms. The summed E-state index contributed by atoms with van der Waals surface area (Å²) in [6, 6.07) is 14.9. The first-order valence-corrected chi connectivity index (χ1v) is 15.7. The lowest BCUT2D eigenvalue weighted by Gasteiger charge is -2.36. The fourth-order valence-electron chi connectivity index (χ4n) is 6.82. The Labute approximate surface area is 251 Å². The predicted molar refractivity (Wildman–Crippen MR) is 163 cm³/mol. The van der Waals surface area contributed by atoms with Gasteiger partial charge in [0.25, 0.3) is 0 Å². The summed E-state index contributed by atoms with van der Waals surface area (Å²) < 4.78 is 12.1. The summed E-state index contributed by atoms with van der Waals surface area (Å²) >= 11 is 1.60. The molecule has 6 rings (SSSR count). The zero-order valence-corrected chi connectivity index (χ0v) is 25.3. The van der Waals surface area contributed by atoms with Crippen LogP contribution in [0, 0.1) is 36.0 Å². The summed E-state index contributed by atoms with van der Waals surface area (Å²) in [6.45, 7) is 10.5. The first-order chi connectivity index (χ1) is 20.3. The number of thiazole rings is 1. The fourth-order valence-corrected chi connectivity index (χ4v) is 7.67. The van der Waals surface area contributed by atoms with Gasteiger partial charge >= 0.3 is 5.97 Å². The van der Waals surface area contributed by atoms with E-state index in [1.807, 2.05) is 24.3 Å². The minimum Gasteiger partial charge on any atom is -0.488 e. The molecule has 3 aromatic rings. The Hall–Kier alpha value is -3.45. The molecule has 0 unspecified atom stereocenters. The number of nitrogens with zero attached hydrogens (tertiary/aromatic N) is 4. The Bertz CT molecular complexity index is 1490. The molecule has 3 heterocycles. The molecule has 0 spiro atoms. The topological polar surface area (TPSA) is 98.9 Å². The van der Waals surface area contributed by atoms with Crippen molar-refractivity contribution >= 4 is 22.4 Å². The van der Waals surface area contributed by atoms with Crippen LogP contribution in [0.2, 0.25) is 0 Å². The first kappa shape index (κ1) is 28.7. The van der Waals surface area contributed by atoms with Crippen LogP contribution < -0.4 is 9.64 Å². The quantitative estimate of drug-likeness (QED) is 0.358. The van der Waals surface area contributed by atoms with Gasteiger partial charge in [-0.05, 0) is 69.2 Å². The van der Waals surface area contributed by atoms with Gasteiger partial charge in [-0.2, -0.15) is 5.26 Å². The van der Waals surface area contributed by atoms with E-state index in [1.165, 1.54) is 0 Å². The van der Waals surface area contributed by atoms with Crippen LogP contribution in [0.4, 0.5) is 5.13 Å². The lowest BCUT2D eigenvalue weighted by atomic mass is 9.85. The third kappa shape index (κ3) is 5.89. The van der Waals surface area contributed by atoms with Crippen LogP contribution in [0.5, 0.6) is 5.75 Å². The van der Waals surface area contributed by atoms with Gasteiger partial charge in [0.05, 0.1) is 36.0 Å². The smallest absolute Gasteiger partial charge is 0.307 e. The number of aromatic nitrogens is 1. The lowest BCUT2D eigenvalue weighted by Crippen LogP contribution is -2.46. The number of anilines is 1. The van der Waals surface area contributed by atoms with Gasteiger partial charge in [0.2, 0.25) is 0 Å². The second-order valence-corrected chi connectivity index (χ2v) is 13.0. The largest absolute Gasteiger partial charge is 0.488 e. The molecule has 1 N–H and O–H groups in total. The van der Waals surface area contributed by atoms with Crippen molar-refractivity contribution in [2.45, 2.75) is 58.9 Å². The van der Waals surface area contributed by atoms with Gasteiger partial charge in [0, 0.05) is 48.7 Å². The average Bonchev–Trinajstić information content (AvgIpc) is 3.57. The number of aliphatic carboxylic acids is 1. The highest BCUT2D eigenvalue weighted by atomic mass is 32.1.